The van der Waals surface area contributed by atoms with E-state index in [0.717, 1.165) is 5.69 Å². The Labute approximate surface area is 210 Å². The van der Waals surface area contributed by atoms with Gasteiger partial charge in [-0.25, -0.2) is 4.79 Å². The average Bonchev–Trinajstić information content (AvgIpc) is 2.93. The lowest BCUT2D eigenvalue weighted by molar-refractivity contribution is 0.0600. The first-order valence-electron chi connectivity index (χ1n) is 11.9. The fourth-order valence-corrected chi connectivity index (χ4v) is 4.13. The van der Waals surface area contributed by atoms with Crippen LogP contribution in [0.4, 0.5) is 11.4 Å². The van der Waals surface area contributed by atoms with Crippen molar-refractivity contribution in [2.24, 2.45) is 0 Å². The van der Waals surface area contributed by atoms with Gasteiger partial charge < -0.3 is 24.6 Å². The Hall–Kier alpha value is -4.33. The van der Waals surface area contributed by atoms with Crippen LogP contribution in [0.15, 0.2) is 72.8 Å². The normalized spacial score (nSPS) is 13.2. The molecule has 1 saturated heterocycles. The molecule has 8 heteroatoms. The largest absolute Gasteiger partial charge is 0.494 e. The minimum Gasteiger partial charge on any atom is -0.494 e. The first kappa shape index (κ1) is 24.8. The summed E-state index contributed by atoms with van der Waals surface area (Å²) in [5.74, 6) is -0.110. The van der Waals surface area contributed by atoms with Crippen molar-refractivity contribution < 1.29 is 23.9 Å². The quantitative estimate of drug-likeness (QED) is 0.505. The molecular weight excluding hydrogens is 458 g/mol. The number of hydrogen-bond donors (Lipinski definition) is 1. The molecule has 186 valence electrons. The molecule has 3 aromatic rings. The summed E-state index contributed by atoms with van der Waals surface area (Å²) in [4.78, 5) is 41.9. The number of anilines is 2. The van der Waals surface area contributed by atoms with Gasteiger partial charge in [0, 0.05) is 37.3 Å². The Balaban J connectivity index is 1.52. The van der Waals surface area contributed by atoms with E-state index in [-0.39, 0.29) is 11.8 Å². The van der Waals surface area contributed by atoms with Crippen LogP contribution in [-0.4, -0.2) is 62.6 Å². The topological polar surface area (TPSA) is 88.2 Å². The third-order valence-corrected chi connectivity index (χ3v) is 6.02. The number of carbonyl (C=O) groups excluding carboxylic acids is 3. The van der Waals surface area contributed by atoms with E-state index in [0.29, 0.717) is 60.9 Å². The van der Waals surface area contributed by atoms with Crippen LogP contribution < -0.4 is 15.0 Å². The van der Waals surface area contributed by atoms with Gasteiger partial charge >= 0.3 is 5.97 Å². The van der Waals surface area contributed by atoms with Gasteiger partial charge in [0.1, 0.15) is 5.75 Å². The lowest BCUT2D eigenvalue weighted by Crippen LogP contribution is -2.49. The molecule has 8 nitrogen and oxygen atoms in total. The van der Waals surface area contributed by atoms with E-state index in [2.05, 4.69) is 10.2 Å². The molecule has 2 amide bonds. The van der Waals surface area contributed by atoms with Crippen LogP contribution >= 0.6 is 0 Å². The maximum atomic E-state index is 13.0. The number of amides is 2. The highest BCUT2D eigenvalue weighted by Gasteiger charge is 2.24. The number of carbonyl (C=O) groups is 3. The molecule has 4 rings (SSSR count). The highest BCUT2D eigenvalue weighted by Crippen LogP contribution is 2.29. The molecular formula is C28H29N3O5. The highest BCUT2D eigenvalue weighted by molar-refractivity contribution is 6.07. The van der Waals surface area contributed by atoms with Crippen molar-refractivity contribution in [2.45, 2.75) is 6.92 Å². The summed E-state index contributed by atoms with van der Waals surface area (Å²) in [5.41, 5.74) is 2.73. The van der Waals surface area contributed by atoms with Gasteiger partial charge in [0.25, 0.3) is 11.8 Å². The van der Waals surface area contributed by atoms with Gasteiger partial charge in [-0.3, -0.25) is 9.59 Å². The minimum absolute atomic E-state index is 0.000292. The third kappa shape index (κ3) is 5.66. The van der Waals surface area contributed by atoms with Crippen molar-refractivity contribution in [3.63, 3.8) is 0 Å². The molecule has 0 bridgehead atoms. The molecule has 0 radical (unpaired) electrons. The first-order valence-corrected chi connectivity index (χ1v) is 11.9. The van der Waals surface area contributed by atoms with Crippen LogP contribution in [-0.2, 0) is 4.74 Å². The van der Waals surface area contributed by atoms with Crippen LogP contribution in [0.5, 0.6) is 5.75 Å². The fourth-order valence-electron chi connectivity index (χ4n) is 4.13. The lowest BCUT2D eigenvalue weighted by Gasteiger charge is -2.37. The first-order chi connectivity index (χ1) is 17.5. The second kappa shape index (κ2) is 11.4. The Morgan fingerprint density at radius 1 is 0.833 bits per heavy atom. The number of esters is 1. The van der Waals surface area contributed by atoms with E-state index in [1.807, 2.05) is 42.2 Å². The number of methoxy groups -OCH3 is 1. The summed E-state index contributed by atoms with van der Waals surface area (Å²) in [6.45, 7) is 4.69. The number of hydrogen-bond acceptors (Lipinski definition) is 6. The molecule has 1 heterocycles. The summed E-state index contributed by atoms with van der Waals surface area (Å²) in [6, 6.07) is 21.2. The standard InChI is InChI=1S/C28H29N3O5/c1-3-36-23-12-9-20(10-13-23)26(32)29-24-19-22(28(34)35-2)11-14-25(24)30-15-17-31(18-16-30)27(33)21-7-5-4-6-8-21/h4-14,19H,3,15-18H2,1-2H3,(H,29,32). The highest BCUT2D eigenvalue weighted by atomic mass is 16.5. The predicted molar refractivity (Wildman–Crippen MR) is 138 cm³/mol. The number of piperazine rings is 1. The van der Waals surface area contributed by atoms with E-state index in [4.69, 9.17) is 9.47 Å². The van der Waals surface area contributed by atoms with Crippen molar-refractivity contribution in [3.8, 4) is 5.75 Å². The van der Waals surface area contributed by atoms with Gasteiger partial charge in [0.2, 0.25) is 0 Å². The molecule has 1 aliphatic heterocycles. The lowest BCUT2D eigenvalue weighted by atomic mass is 10.1. The van der Waals surface area contributed by atoms with E-state index in [1.165, 1.54) is 7.11 Å². The third-order valence-electron chi connectivity index (χ3n) is 6.02. The molecule has 36 heavy (non-hydrogen) atoms. The molecule has 0 unspecified atom stereocenters. The Morgan fingerprint density at radius 2 is 1.50 bits per heavy atom. The van der Waals surface area contributed by atoms with E-state index >= 15 is 0 Å². The Bertz CT molecular complexity index is 1220. The van der Waals surface area contributed by atoms with Crippen molar-refractivity contribution >= 4 is 29.2 Å². The molecule has 0 aliphatic carbocycles. The molecule has 0 atom stereocenters. The van der Waals surface area contributed by atoms with Crippen LogP contribution in [0.25, 0.3) is 0 Å². The SMILES string of the molecule is CCOc1ccc(C(=O)Nc2cc(C(=O)OC)ccc2N2CCN(C(=O)c3ccccc3)CC2)cc1. The molecule has 1 fully saturated rings. The van der Waals surface area contributed by atoms with Gasteiger partial charge in [-0.1, -0.05) is 18.2 Å². The zero-order valence-electron chi connectivity index (χ0n) is 20.4. The average molecular weight is 488 g/mol. The summed E-state index contributed by atoms with van der Waals surface area (Å²) in [6.07, 6.45) is 0. The van der Waals surface area contributed by atoms with Crippen LogP contribution in [0.1, 0.15) is 38.0 Å². The summed E-state index contributed by atoms with van der Waals surface area (Å²) >= 11 is 0. The maximum Gasteiger partial charge on any atom is 0.337 e. The van der Waals surface area contributed by atoms with Crippen LogP contribution in [0.2, 0.25) is 0 Å². The van der Waals surface area contributed by atoms with Crippen molar-refractivity contribution in [1.82, 2.24) is 4.90 Å². The molecule has 0 aromatic heterocycles. The van der Waals surface area contributed by atoms with Crippen LogP contribution in [0, 0.1) is 0 Å². The molecule has 1 aliphatic rings. The van der Waals surface area contributed by atoms with Crippen molar-refractivity contribution in [1.29, 1.82) is 0 Å². The van der Waals surface area contributed by atoms with Gasteiger partial charge in [-0.15, -0.1) is 0 Å². The number of rotatable bonds is 7. The smallest absolute Gasteiger partial charge is 0.337 e. The molecule has 3 aromatic carbocycles. The Morgan fingerprint density at radius 3 is 2.14 bits per heavy atom. The van der Waals surface area contributed by atoms with Crippen LogP contribution in [0.3, 0.4) is 0 Å². The fraction of sp³-hybridized carbons (Fsp3) is 0.250. The van der Waals surface area contributed by atoms with Crippen molar-refractivity contribution in [3.05, 3.63) is 89.5 Å². The van der Waals surface area contributed by atoms with Gasteiger partial charge in [0.15, 0.2) is 0 Å². The monoisotopic (exact) mass is 487 g/mol. The second-order valence-corrected chi connectivity index (χ2v) is 8.28. The Kier molecular flexibility index (Phi) is 7.85. The number of nitrogens with one attached hydrogen (secondary N) is 1. The zero-order valence-corrected chi connectivity index (χ0v) is 20.4. The number of benzene rings is 3. The van der Waals surface area contributed by atoms with Gasteiger partial charge in [-0.05, 0) is 61.5 Å². The maximum absolute atomic E-state index is 13.0. The summed E-state index contributed by atoms with van der Waals surface area (Å²) < 4.78 is 10.3. The molecule has 0 saturated carbocycles. The van der Waals surface area contributed by atoms with Gasteiger partial charge in [-0.2, -0.15) is 0 Å². The summed E-state index contributed by atoms with van der Waals surface area (Å²) in [7, 11) is 1.32. The summed E-state index contributed by atoms with van der Waals surface area (Å²) in [5, 5.41) is 2.95. The van der Waals surface area contributed by atoms with Crippen molar-refractivity contribution in [2.75, 3.05) is 50.1 Å². The predicted octanol–water partition coefficient (Wildman–Crippen LogP) is 4.09. The van der Waals surface area contributed by atoms with E-state index in [1.54, 1.807) is 42.5 Å². The zero-order chi connectivity index (χ0) is 25.5. The molecule has 1 N–H and O–H groups in total. The second-order valence-electron chi connectivity index (χ2n) is 8.28. The van der Waals surface area contributed by atoms with E-state index < -0.39 is 5.97 Å². The van der Waals surface area contributed by atoms with Gasteiger partial charge in [0.05, 0.1) is 30.7 Å². The van der Waals surface area contributed by atoms with E-state index in [9.17, 15) is 14.4 Å². The number of nitrogens with zero attached hydrogens (tertiary/aromatic N) is 2. The minimum atomic E-state index is -0.489. The molecule has 0 spiro atoms. The number of ether oxygens (including phenoxy) is 2.